The second-order valence-electron chi connectivity index (χ2n) is 3.20. The minimum Gasteiger partial charge on any atom is -0.330 e. The van der Waals surface area contributed by atoms with E-state index in [0.29, 0.717) is 12.0 Å². The smallest absolute Gasteiger partial charge is 0.00790 e. The van der Waals surface area contributed by atoms with Gasteiger partial charge in [0.05, 0.1) is 0 Å². The summed E-state index contributed by atoms with van der Waals surface area (Å²) in [6, 6.07) is 0.324. The van der Waals surface area contributed by atoms with Gasteiger partial charge in [-0.1, -0.05) is 26.7 Å². The van der Waals surface area contributed by atoms with Gasteiger partial charge in [0.2, 0.25) is 0 Å². The molecule has 0 radical (unpaired) electrons. The molecular weight excluding hydrogens is 136 g/mol. The first kappa shape index (κ1) is 10.9. The largest absolute Gasteiger partial charge is 0.330 e. The maximum atomic E-state index is 5.95. The average Bonchev–Trinajstić information content (AvgIpc) is 2.00. The Morgan fingerprint density at radius 1 is 1.18 bits per heavy atom. The van der Waals surface area contributed by atoms with Gasteiger partial charge < -0.3 is 11.5 Å². The van der Waals surface area contributed by atoms with Crippen LogP contribution in [0.25, 0.3) is 0 Å². The molecular formula is C9H22N2. The van der Waals surface area contributed by atoms with E-state index in [-0.39, 0.29) is 0 Å². The van der Waals surface area contributed by atoms with Crippen LogP contribution in [0.3, 0.4) is 0 Å². The first-order chi connectivity index (χ1) is 5.26. The molecule has 2 unspecified atom stereocenters. The summed E-state index contributed by atoms with van der Waals surface area (Å²) in [4.78, 5) is 0. The van der Waals surface area contributed by atoms with Gasteiger partial charge in [0.15, 0.2) is 0 Å². The summed E-state index contributed by atoms with van der Waals surface area (Å²) in [5, 5.41) is 0. The normalized spacial score (nSPS) is 16.4. The number of nitrogens with two attached hydrogens (primary N) is 2. The first-order valence-electron chi connectivity index (χ1n) is 4.71. The zero-order chi connectivity index (χ0) is 8.69. The maximum Gasteiger partial charge on any atom is 0.00790 e. The van der Waals surface area contributed by atoms with Crippen LogP contribution in [0.5, 0.6) is 0 Å². The fourth-order valence-corrected chi connectivity index (χ4v) is 1.52. The highest BCUT2D eigenvalue weighted by Crippen LogP contribution is 2.15. The second kappa shape index (κ2) is 6.62. The molecule has 68 valence electrons. The van der Waals surface area contributed by atoms with Crippen LogP contribution in [-0.4, -0.2) is 12.6 Å². The summed E-state index contributed by atoms with van der Waals surface area (Å²) in [7, 11) is 0. The molecule has 0 aromatic rings. The zero-order valence-corrected chi connectivity index (χ0v) is 7.84. The molecule has 0 aliphatic rings. The van der Waals surface area contributed by atoms with Crippen molar-refractivity contribution >= 4 is 0 Å². The fourth-order valence-electron chi connectivity index (χ4n) is 1.52. The lowest BCUT2D eigenvalue weighted by Crippen LogP contribution is -2.31. The Balaban J connectivity index is 3.61. The molecule has 2 heteroatoms. The Hall–Kier alpha value is -0.0800. The molecule has 0 aromatic heterocycles. The van der Waals surface area contributed by atoms with Crippen molar-refractivity contribution < 1.29 is 0 Å². The molecule has 0 amide bonds. The van der Waals surface area contributed by atoms with E-state index in [4.69, 9.17) is 11.5 Å². The third-order valence-electron chi connectivity index (χ3n) is 2.29. The van der Waals surface area contributed by atoms with Crippen molar-refractivity contribution in [2.45, 2.75) is 45.6 Å². The number of hydrogen-bond donors (Lipinski definition) is 2. The van der Waals surface area contributed by atoms with Crippen molar-refractivity contribution in [1.29, 1.82) is 0 Å². The van der Waals surface area contributed by atoms with Gasteiger partial charge in [-0.05, 0) is 25.3 Å². The maximum absolute atomic E-state index is 5.95. The van der Waals surface area contributed by atoms with Crippen LogP contribution in [0.4, 0.5) is 0 Å². The first-order valence-corrected chi connectivity index (χ1v) is 4.71. The molecule has 0 aliphatic heterocycles. The summed E-state index contributed by atoms with van der Waals surface area (Å²) in [5.74, 6) is 0.684. The Kier molecular flexibility index (Phi) is 6.57. The highest BCUT2D eigenvalue weighted by atomic mass is 14.7. The molecule has 0 saturated carbocycles. The third kappa shape index (κ3) is 4.38. The van der Waals surface area contributed by atoms with Gasteiger partial charge in [-0.3, -0.25) is 0 Å². The Labute approximate surface area is 70.3 Å². The standard InChI is InChI=1S/C9H22N2/c1-3-5-8(4-2)9(11)6-7-10/h8-9H,3-7,10-11H2,1-2H3. The van der Waals surface area contributed by atoms with E-state index in [2.05, 4.69) is 13.8 Å². The van der Waals surface area contributed by atoms with E-state index in [0.717, 1.165) is 13.0 Å². The molecule has 0 bridgehead atoms. The molecule has 0 fully saturated rings. The predicted molar refractivity (Wildman–Crippen MR) is 50.3 cm³/mol. The van der Waals surface area contributed by atoms with Crippen molar-refractivity contribution in [2.24, 2.45) is 17.4 Å². The third-order valence-corrected chi connectivity index (χ3v) is 2.29. The Bertz CT molecular complexity index is 83.6. The molecule has 0 aromatic carbocycles. The minimum atomic E-state index is 0.324. The van der Waals surface area contributed by atoms with Crippen LogP contribution in [0.15, 0.2) is 0 Å². The van der Waals surface area contributed by atoms with Crippen LogP contribution in [0, 0.1) is 5.92 Å². The molecule has 4 N–H and O–H groups in total. The van der Waals surface area contributed by atoms with Crippen LogP contribution >= 0.6 is 0 Å². The number of hydrogen-bond acceptors (Lipinski definition) is 2. The summed E-state index contributed by atoms with van der Waals surface area (Å²) < 4.78 is 0. The van der Waals surface area contributed by atoms with E-state index in [9.17, 15) is 0 Å². The van der Waals surface area contributed by atoms with Crippen molar-refractivity contribution in [3.8, 4) is 0 Å². The van der Waals surface area contributed by atoms with E-state index in [1.807, 2.05) is 0 Å². The summed E-state index contributed by atoms with van der Waals surface area (Å²) in [5.41, 5.74) is 11.4. The molecule has 0 spiro atoms. The van der Waals surface area contributed by atoms with Gasteiger partial charge in [-0.2, -0.15) is 0 Å². The van der Waals surface area contributed by atoms with Crippen molar-refractivity contribution in [2.75, 3.05) is 6.54 Å². The van der Waals surface area contributed by atoms with E-state index >= 15 is 0 Å². The van der Waals surface area contributed by atoms with Gasteiger partial charge in [-0.15, -0.1) is 0 Å². The molecule has 2 atom stereocenters. The number of rotatable bonds is 6. The van der Waals surface area contributed by atoms with Crippen molar-refractivity contribution in [3.63, 3.8) is 0 Å². The van der Waals surface area contributed by atoms with Crippen LogP contribution in [0.1, 0.15) is 39.5 Å². The van der Waals surface area contributed by atoms with E-state index < -0.39 is 0 Å². The van der Waals surface area contributed by atoms with Gasteiger partial charge >= 0.3 is 0 Å². The van der Waals surface area contributed by atoms with Gasteiger partial charge in [-0.25, -0.2) is 0 Å². The van der Waals surface area contributed by atoms with Crippen LogP contribution in [0.2, 0.25) is 0 Å². The SMILES string of the molecule is CCCC(CC)C(N)CCN. The Morgan fingerprint density at radius 3 is 2.18 bits per heavy atom. The predicted octanol–water partition coefficient (Wildman–Crippen LogP) is 1.49. The van der Waals surface area contributed by atoms with E-state index in [1.165, 1.54) is 19.3 Å². The second-order valence-corrected chi connectivity index (χ2v) is 3.20. The summed E-state index contributed by atoms with van der Waals surface area (Å²) in [6.45, 7) is 5.13. The minimum absolute atomic E-state index is 0.324. The highest BCUT2D eigenvalue weighted by molar-refractivity contribution is 4.71. The Morgan fingerprint density at radius 2 is 1.82 bits per heavy atom. The quantitative estimate of drug-likeness (QED) is 0.615. The highest BCUT2D eigenvalue weighted by Gasteiger charge is 2.13. The van der Waals surface area contributed by atoms with Crippen molar-refractivity contribution in [1.82, 2.24) is 0 Å². The zero-order valence-electron chi connectivity index (χ0n) is 7.84. The molecule has 0 heterocycles. The summed E-state index contributed by atoms with van der Waals surface area (Å²) in [6.07, 6.45) is 4.64. The van der Waals surface area contributed by atoms with Crippen LogP contribution < -0.4 is 11.5 Å². The molecule has 11 heavy (non-hydrogen) atoms. The lowest BCUT2D eigenvalue weighted by Gasteiger charge is -2.21. The van der Waals surface area contributed by atoms with Gasteiger partial charge in [0.1, 0.15) is 0 Å². The van der Waals surface area contributed by atoms with Gasteiger partial charge in [0.25, 0.3) is 0 Å². The van der Waals surface area contributed by atoms with E-state index in [1.54, 1.807) is 0 Å². The molecule has 2 nitrogen and oxygen atoms in total. The topological polar surface area (TPSA) is 52.0 Å². The summed E-state index contributed by atoms with van der Waals surface area (Å²) >= 11 is 0. The molecule has 0 rings (SSSR count). The molecule has 0 aliphatic carbocycles. The lowest BCUT2D eigenvalue weighted by atomic mass is 9.91. The van der Waals surface area contributed by atoms with Gasteiger partial charge in [0, 0.05) is 6.04 Å². The van der Waals surface area contributed by atoms with Crippen molar-refractivity contribution in [3.05, 3.63) is 0 Å². The van der Waals surface area contributed by atoms with Crippen LogP contribution in [-0.2, 0) is 0 Å². The average molecular weight is 158 g/mol. The lowest BCUT2D eigenvalue weighted by molar-refractivity contribution is 0.365. The fraction of sp³-hybridized carbons (Fsp3) is 1.00. The molecule has 0 saturated heterocycles. The monoisotopic (exact) mass is 158 g/mol.